The van der Waals surface area contributed by atoms with Gasteiger partial charge in [0.15, 0.2) is 0 Å². The molecule has 8 nitrogen and oxygen atoms in total. The summed E-state index contributed by atoms with van der Waals surface area (Å²) in [6, 6.07) is 13.0. The third-order valence-corrected chi connectivity index (χ3v) is 6.50. The van der Waals surface area contributed by atoms with E-state index in [-0.39, 0.29) is 6.54 Å². The molecule has 32 heavy (non-hydrogen) atoms. The fourth-order valence-electron chi connectivity index (χ4n) is 4.77. The second-order valence-electron chi connectivity index (χ2n) is 8.65. The number of rotatable bonds is 9. The molecule has 1 atom stereocenters. The van der Waals surface area contributed by atoms with Crippen molar-refractivity contribution in [2.45, 2.75) is 64.0 Å². The summed E-state index contributed by atoms with van der Waals surface area (Å²) in [6.45, 7) is 5.41. The lowest BCUT2D eigenvalue weighted by molar-refractivity contribution is 0.277. The highest BCUT2D eigenvalue weighted by Gasteiger charge is 2.24. The van der Waals surface area contributed by atoms with Gasteiger partial charge in [-0.2, -0.15) is 20.2 Å². The lowest BCUT2D eigenvalue weighted by atomic mass is 9.96. The van der Waals surface area contributed by atoms with Crippen LogP contribution in [0, 0.1) is 11.3 Å². The van der Waals surface area contributed by atoms with E-state index in [1.165, 1.54) is 32.1 Å². The molecule has 0 bridgehead atoms. The molecule has 2 fully saturated rings. The van der Waals surface area contributed by atoms with Crippen LogP contribution in [0.25, 0.3) is 0 Å². The summed E-state index contributed by atoms with van der Waals surface area (Å²) in [5.74, 6) is 1.64. The molecule has 1 aromatic heterocycles. The van der Waals surface area contributed by atoms with E-state index in [4.69, 9.17) is 15.0 Å². The number of likely N-dealkylation sites (N-methyl/N-ethyl adjacent to an activating group) is 1. The third-order valence-electron chi connectivity index (χ3n) is 6.50. The number of para-hydroxylation sites is 1. The number of hydrogen-bond acceptors (Lipinski definition) is 8. The Morgan fingerprint density at radius 2 is 1.81 bits per heavy atom. The summed E-state index contributed by atoms with van der Waals surface area (Å²) >= 11 is 0. The molecule has 0 amide bonds. The smallest absolute Gasteiger partial charge is 0.237 e. The molecule has 1 saturated carbocycles. The van der Waals surface area contributed by atoms with E-state index in [0.29, 0.717) is 29.9 Å². The molecular formula is C24H34N8. The zero-order valence-corrected chi connectivity index (χ0v) is 19.0. The minimum Gasteiger partial charge on any atom is -0.352 e. The van der Waals surface area contributed by atoms with Gasteiger partial charge in [0.2, 0.25) is 17.8 Å². The highest BCUT2D eigenvalue weighted by molar-refractivity contribution is 5.60. The summed E-state index contributed by atoms with van der Waals surface area (Å²) in [6.07, 6.45) is 8.47. The van der Waals surface area contributed by atoms with Crippen molar-refractivity contribution >= 4 is 23.5 Å². The molecule has 4 rings (SSSR count). The molecule has 1 aromatic carbocycles. The number of nitriles is 1. The Bertz CT molecular complexity index is 891. The van der Waals surface area contributed by atoms with Crippen LogP contribution in [0.15, 0.2) is 30.3 Å². The van der Waals surface area contributed by atoms with Crippen LogP contribution in [0.5, 0.6) is 0 Å². The number of aromatic nitrogens is 3. The number of nitrogens with one attached hydrogen (secondary N) is 2. The van der Waals surface area contributed by atoms with Crippen molar-refractivity contribution in [2.75, 3.05) is 41.7 Å². The molecule has 0 spiro atoms. The van der Waals surface area contributed by atoms with Crippen molar-refractivity contribution < 1.29 is 0 Å². The monoisotopic (exact) mass is 434 g/mol. The van der Waals surface area contributed by atoms with Crippen molar-refractivity contribution in [2.24, 2.45) is 0 Å². The fourth-order valence-corrected chi connectivity index (χ4v) is 4.77. The van der Waals surface area contributed by atoms with Gasteiger partial charge in [0.25, 0.3) is 0 Å². The molecule has 1 aliphatic carbocycles. The summed E-state index contributed by atoms with van der Waals surface area (Å²) in [5.41, 5.74) is 0.891. The van der Waals surface area contributed by atoms with E-state index in [1.54, 1.807) is 0 Å². The van der Waals surface area contributed by atoms with E-state index in [1.807, 2.05) is 35.2 Å². The first-order valence-electron chi connectivity index (χ1n) is 12.0. The van der Waals surface area contributed by atoms with Crippen molar-refractivity contribution in [1.82, 2.24) is 19.9 Å². The van der Waals surface area contributed by atoms with Crippen LogP contribution < -0.4 is 15.5 Å². The van der Waals surface area contributed by atoms with Crippen molar-refractivity contribution in [3.8, 4) is 6.07 Å². The Morgan fingerprint density at radius 3 is 2.56 bits per heavy atom. The normalized spacial score (nSPS) is 19.4. The second-order valence-corrected chi connectivity index (χ2v) is 8.65. The molecule has 2 aliphatic rings. The summed E-state index contributed by atoms with van der Waals surface area (Å²) in [5, 5.41) is 16.5. The summed E-state index contributed by atoms with van der Waals surface area (Å²) in [7, 11) is 0. The van der Waals surface area contributed by atoms with Gasteiger partial charge in [-0.3, -0.25) is 9.80 Å². The molecule has 1 aliphatic heterocycles. The van der Waals surface area contributed by atoms with Gasteiger partial charge in [0, 0.05) is 24.3 Å². The van der Waals surface area contributed by atoms with Crippen LogP contribution in [0.4, 0.5) is 23.5 Å². The average molecular weight is 435 g/mol. The molecule has 2 N–H and O–H groups in total. The van der Waals surface area contributed by atoms with Crippen LogP contribution in [0.3, 0.4) is 0 Å². The maximum absolute atomic E-state index is 9.46. The van der Waals surface area contributed by atoms with Crippen molar-refractivity contribution in [3.05, 3.63) is 30.3 Å². The quantitative estimate of drug-likeness (QED) is 0.568. The second kappa shape index (κ2) is 11.1. The van der Waals surface area contributed by atoms with Gasteiger partial charge in [0.1, 0.15) is 6.54 Å². The molecule has 170 valence electrons. The molecule has 8 heteroatoms. The van der Waals surface area contributed by atoms with Gasteiger partial charge in [-0.05, 0) is 50.9 Å². The maximum atomic E-state index is 9.46. The Morgan fingerprint density at radius 1 is 1.03 bits per heavy atom. The van der Waals surface area contributed by atoms with E-state index in [9.17, 15) is 5.26 Å². The number of hydrogen-bond donors (Lipinski definition) is 2. The fraction of sp³-hybridized carbons (Fsp3) is 0.583. The number of likely N-dealkylation sites (tertiary alicyclic amines) is 1. The highest BCUT2D eigenvalue weighted by atomic mass is 15.3. The van der Waals surface area contributed by atoms with Crippen molar-refractivity contribution in [3.63, 3.8) is 0 Å². The van der Waals surface area contributed by atoms with Crippen LogP contribution in [0.1, 0.15) is 51.9 Å². The Kier molecular flexibility index (Phi) is 7.73. The van der Waals surface area contributed by atoms with Gasteiger partial charge in [-0.1, -0.05) is 44.4 Å². The number of nitrogens with zero attached hydrogens (tertiary/aromatic N) is 6. The lowest BCUT2D eigenvalue weighted by Crippen LogP contribution is -2.35. The highest BCUT2D eigenvalue weighted by Crippen LogP contribution is 2.26. The molecule has 0 unspecified atom stereocenters. The summed E-state index contributed by atoms with van der Waals surface area (Å²) in [4.78, 5) is 18.5. The average Bonchev–Trinajstić information content (AvgIpc) is 3.30. The third kappa shape index (κ3) is 5.65. The van der Waals surface area contributed by atoms with E-state index in [2.05, 4.69) is 28.5 Å². The van der Waals surface area contributed by atoms with Gasteiger partial charge in [-0.25, -0.2) is 0 Å². The van der Waals surface area contributed by atoms with Crippen LogP contribution in [-0.4, -0.2) is 58.1 Å². The number of anilines is 4. The minimum absolute atomic E-state index is 0.169. The molecule has 2 heterocycles. The zero-order valence-electron chi connectivity index (χ0n) is 19.0. The Labute approximate surface area is 191 Å². The number of benzene rings is 1. The molecule has 2 aromatic rings. The van der Waals surface area contributed by atoms with Gasteiger partial charge in [0.05, 0.1) is 6.07 Å². The van der Waals surface area contributed by atoms with Gasteiger partial charge in [-0.15, -0.1) is 0 Å². The predicted molar refractivity (Wildman–Crippen MR) is 128 cm³/mol. The topological polar surface area (TPSA) is 93.0 Å². The first-order valence-corrected chi connectivity index (χ1v) is 12.0. The van der Waals surface area contributed by atoms with Gasteiger partial charge < -0.3 is 10.6 Å². The standard InChI is InChI=1S/C24H34N8/c1-2-31-16-9-14-21(31)18-26-22-28-23(27-19-10-5-3-6-11-19)30-24(29-22)32(17-15-25)20-12-7-4-8-13-20/h4,7-8,12-13,19,21H,2-3,5-6,9-11,14,16-18H2,1H3,(H2,26,27,28,29,30)/t21-/m0/s1. The zero-order chi connectivity index (χ0) is 22.2. The van der Waals surface area contributed by atoms with Crippen LogP contribution in [-0.2, 0) is 0 Å². The molecular weight excluding hydrogens is 400 g/mol. The maximum Gasteiger partial charge on any atom is 0.237 e. The SMILES string of the molecule is CCN1CCC[C@H]1CNc1nc(NC2CCCCC2)nc(N(CC#N)c2ccccc2)n1. The predicted octanol–water partition coefficient (Wildman–Crippen LogP) is 4.17. The first-order chi connectivity index (χ1) is 15.8. The Hall–Kier alpha value is -2.92. The van der Waals surface area contributed by atoms with E-state index >= 15 is 0 Å². The van der Waals surface area contributed by atoms with Crippen LogP contribution in [0.2, 0.25) is 0 Å². The first kappa shape index (κ1) is 22.3. The minimum atomic E-state index is 0.169. The van der Waals surface area contributed by atoms with E-state index in [0.717, 1.165) is 38.2 Å². The van der Waals surface area contributed by atoms with Crippen molar-refractivity contribution in [1.29, 1.82) is 5.26 Å². The summed E-state index contributed by atoms with van der Waals surface area (Å²) < 4.78 is 0. The molecule has 0 radical (unpaired) electrons. The Balaban J connectivity index is 1.59. The lowest BCUT2D eigenvalue weighted by Gasteiger charge is -2.25. The van der Waals surface area contributed by atoms with E-state index < -0.39 is 0 Å². The largest absolute Gasteiger partial charge is 0.352 e. The van der Waals surface area contributed by atoms with Gasteiger partial charge >= 0.3 is 0 Å². The molecule has 1 saturated heterocycles. The van der Waals surface area contributed by atoms with Crippen LogP contribution >= 0.6 is 0 Å².